The van der Waals surface area contributed by atoms with E-state index in [1.807, 2.05) is 4.90 Å². The molecule has 1 atom stereocenters. The maximum absolute atomic E-state index is 12.4. The Hall–Kier alpha value is -0.610. The molecule has 1 saturated heterocycles. The fraction of sp³-hybridized carbons (Fsp3) is 0.923. The Kier molecular flexibility index (Phi) is 4.05. The van der Waals surface area contributed by atoms with Gasteiger partial charge in [0.25, 0.3) is 0 Å². The molecule has 2 rings (SSSR count). The van der Waals surface area contributed by atoms with Crippen LogP contribution in [0.2, 0.25) is 0 Å². The summed E-state index contributed by atoms with van der Waals surface area (Å²) in [5.74, 6) is 0.619. The van der Waals surface area contributed by atoms with Crippen LogP contribution in [0, 0.1) is 5.92 Å². The summed E-state index contributed by atoms with van der Waals surface area (Å²) < 4.78 is 0. The quantitative estimate of drug-likeness (QED) is 0.769. The molecule has 0 radical (unpaired) electrons. The van der Waals surface area contributed by atoms with Crippen molar-refractivity contribution in [3.63, 3.8) is 0 Å². The largest absolute Gasteiger partial charge is 0.396 e. The van der Waals surface area contributed by atoms with Gasteiger partial charge in [-0.25, -0.2) is 0 Å². The first-order valence-electron chi connectivity index (χ1n) is 6.85. The van der Waals surface area contributed by atoms with Gasteiger partial charge in [0.1, 0.15) is 0 Å². The van der Waals surface area contributed by atoms with Crippen LogP contribution in [0.5, 0.6) is 0 Å². The third-order valence-electron chi connectivity index (χ3n) is 4.28. The molecule has 17 heavy (non-hydrogen) atoms. The molecule has 1 unspecified atom stereocenters. The van der Waals surface area contributed by atoms with E-state index >= 15 is 0 Å². The Bertz CT molecular complexity index is 275. The zero-order valence-electron chi connectivity index (χ0n) is 10.5. The molecule has 1 amide bonds. The lowest BCUT2D eigenvalue weighted by Crippen LogP contribution is -2.55. The van der Waals surface area contributed by atoms with Gasteiger partial charge in [0.2, 0.25) is 5.91 Å². The average molecular weight is 240 g/mol. The number of carbonyl (C=O) groups excluding carboxylic acids is 1. The van der Waals surface area contributed by atoms with Crippen molar-refractivity contribution in [1.29, 1.82) is 0 Å². The van der Waals surface area contributed by atoms with E-state index in [9.17, 15) is 4.79 Å². The van der Waals surface area contributed by atoms with Crippen molar-refractivity contribution < 1.29 is 9.90 Å². The van der Waals surface area contributed by atoms with Crippen LogP contribution in [0.25, 0.3) is 0 Å². The van der Waals surface area contributed by atoms with Crippen LogP contribution in [0.1, 0.15) is 44.9 Å². The molecule has 2 fully saturated rings. The third kappa shape index (κ3) is 2.80. The maximum atomic E-state index is 12.4. The van der Waals surface area contributed by atoms with E-state index in [1.54, 1.807) is 0 Å². The van der Waals surface area contributed by atoms with Crippen molar-refractivity contribution in [2.24, 2.45) is 11.7 Å². The van der Waals surface area contributed by atoms with Crippen LogP contribution in [-0.2, 0) is 4.79 Å². The normalized spacial score (nSPS) is 28.4. The van der Waals surface area contributed by atoms with Crippen LogP contribution in [0.3, 0.4) is 0 Å². The van der Waals surface area contributed by atoms with Crippen molar-refractivity contribution in [2.75, 3.05) is 19.7 Å². The van der Waals surface area contributed by atoms with Crippen LogP contribution in [-0.4, -0.2) is 41.1 Å². The zero-order chi connectivity index (χ0) is 12.3. The topological polar surface area (TPSA) is 66.6 Å². The molecular weight excluding hydrogens is 216 g/mol. The number of nitrogens with zero attached hydrogens (tertiary/aromatic N) is 1. The number of carbonyl (C=O) groups is 1. The lowest BCUT2D eigenvalue weighted by atomic mass is 9.81. The highest BCUT2D eigenvalue weighted by Gasteiger charge is 2.40. The Morgan fingerprint density at radius 1 is 1.35 bits per heavy atom. The molecule has 98 valence electrons. The first kappa shape index (κ1) is 12.8. The molecule has 0 aromatic heterocycles. The van der Waals surface area contributed by atoms with Crippen molar-refractivity contribution in [2.45, 2.75) is 50.5 Å². The second kappa shape index (κ2) is 5.36. The molecule has 1 saturated carbocycles. The number of aliphatic hydroxyl groups excluding tert-OH is 1. The van der Waals surface area contributed by atoms with E-state index in [4.69, 9.17) is 10.8 Å². The monoisotopic (exact) mass is 240 g/mol. The fourth-order valence-corrected chi connectivity index (χ4v) is 3.15. The minimum Gasteiger partial charge on any atom is -0.396 e. The molecule has 1 aliphatic carbocycles. The third-order valence-corrected chi connectivity index (χ3v) is 4.28. The van der Waals surface area contributed by atoms with Crippen LogP contribution in [0.4, 0.5) is 0 Å². The van der Waals surface area contributed by atoms with Gasteiger partial charge in [0, 0.05) is 19.7 Å². The van der Waals surface area contributed by atoms with Crippen LogP contribution in [0.15, 0.2) is 0 Å². The van der Waals surface area contributed by atoms with Gasteiger partial charge in [-0.05, 0) is 31.6 Å². The van der Waals surface area contributed by atoms with E-state index in [0.717, 1.165) is 51.6 Å². The summed E-state index contributed by atoms with van der Waals surface area (Å²) in [7, 11) is 0. The second-order valence-corrected chi connectivity index (χ2v) is 5.63. The maximum Gasteiger partial charge on any atom is 0.242 e. The zero-order valence-corrected chi connectivity index (χ0v) is 10.5. The first-order valence-corrected chi connectivity index (χ1v) is 6.85. The van der Waals surface area contributed by atoms with E-state index in [1.165, 1.54) is 6.42 Å². The summed E-state index contributed by atoms with van der Waals surface area (Å²) in [6.07, 6.45) is 6.87. The average Bonchev–Trinajstić information content (AvgIpc) is 2.78. The molecule has 0 aromatic carbocycles. The minimum absolute atomic E-state index is 0.151. The molecule has 1 heterocycles. The van der Waals surface area contributed by atoms with Gasteiger partial charge in [-0.15, -0.1) is 0 Å². The van der Waals surface area contributed by atoms with Gasteiger partial charge in [-0.3, -0.25) is 4.79 Å². The van der Waals surface area contributed by atoms with E-state index in [0.29, 0.717) is 5.92 Å². The fourth-order valence-electron chi connectivity index (χ4n) is 3.15. The SMILES string of the molecule is NC1(C(=O)N2CCC(CCO)C2)CCCCC1. The highest BCUT2D eigenvalue weighted by atomic mass is 16.3. The molecule has 0 aromatic rings. The van der Waals surface area contributed by atoms with Gasteiger partial charge < -0.3 is 15.7 Å². The summed E-state index contributed by atoms with van der Waals surface area (Å²) in [5.41, 5.74) is 5.67. The summed E-state index contributed by atoms with van der Waals surface area (Å²) in [6, 6.07) is 0. The number of likely N-dealkylation sites (tertiary alicyclic amines) is 1. The molecule has 4 nitrogen and oxygen atoms in total. The Balaban J connectivity index is 1.91. The first-order chi connectivity index (χ1) is 8.15. The van der Waals surface area contributed by atoms with E-state index in [2.05, 4.69) is 0 Å². The summed E-state index contributed by atoms with van der Waals surface area (Å²) in [5, 5.41) is 8.92. The van der Waals surface area contributed by atoms with Crippen LogP contribution >= 0.6 is 0 Å². The van der Waals surface area contributed by atoms with Crippen molar-refractivity contribution in [3.8, 4) is 0 Å². The van der Waals surface area contributed by atoms with Crippen molar-refractivity contribution in [3.05, 3.63) is 0 Å². The van der Waals surface area contributed by atoms with Gasteiger partial charge in [-0.2, -0.15) is 0 Å². The molecular formula is C13H24N2O2. The molecule has 0 bridgehead atoms. The smallest absolute Gasteiger partial charge is 0.242 e. The Morgan fingerprint density at radius 3 is 2.71 bits per heavy atom. The number of rotatable bonds is 3. The number of hydrogen-bond donors (Lipinski definition) is 2. The predicted molar refractivity (Wildman–Crippen MR) is 66.4 cm³/mol. The number of aliphatic hydroxyl groups is 1. The predicted octanol–water partition coefficient (Wildman–Crippen LogP) is 0.879. The highest BCUT2D eigenvalue weighted by Crippen LogP contribution is 2.30. The highest BCUT2D eigenvalue weighted by molar-refractivity contribution is 5.86. The van der Waals surface area contributed by atoms with E-state index in [-0.39, 0.29) is 12.5 Å². The van der Waals surface area contributed by atoms with Crippen molar-refractivity contribution >= 4 is 5.91 Å². The molecule has 3 N–H and O–H groups in total. The van der Waals surface area contributed by atoms with E-state index < -0.39 is 5.54 Å². The lowest BCUT2D eigenvalue weighted by Gasteiger charge is -2.35. The van der Waals surface area contributed by atoms with Gasteiger partial charge in [-0.1, -0.05) is 19.3 Å². The Labute approximate surface area is 103 Å². The Morgan fingerprint density at radius 2 is 2.06 bits per heavy atom. The number of hydrogen-bond acceptors (Lipinski definition) is 3. The summed E-state index contributed by atoms with van der Waals surface area (Å²) >= 11 is 0. The van der Waals surface area contributed by atoms with Crippen LogP contribution < -0.4 is 5.73 Å². The second-order valence-electron chi connectivity index (χ2n) is 5.63. The minimum atomic E-state index is -0.591. The molecule has 2 aliphatic rings. The van der Waals surface area contributed by atoms with Gasteiger partial charge in [0.15, 0.2) is 0 Å². The van der Waals surface area contributed by atoms with Crippen molar-refractivity contribution in [1.82, 2.24) is 4.90 Å². The molecule has 1 aliphatic heterocycles. The standard InChI is InChI=1S/C13H24N2O2/c14-13(6-2-1-3-7-13)12(17)15-8-4-11(10-15)5-9-16/h11,16H,1-10,14H2. The number of nitrogens with two attached hydrogens (primary N) is 1. The molecule has 4 heteroatoms. The summed E-state index contributed by atoms with van der Waals surface area (Å²) in [4.78, 5) is 14.3. The lowest BCUT2D eigenvalue weighted by molar-refractivity contribution is -0.137. The summed E-state index contributed by atoms with van der Waals surface area (Å²) in [6.45, 7) is 1.83. The molecule has 0 spiro atoms. The van der Waals surface area contributed by atoms with Gasteiger partial charge >= 0.3 is 0 Å². The van der Waals surface area contributed by atoms with Gasteiger partial charge in [0.05, 0.1) is 5.54 Å². The number of amides is 1.